The van der Waals surface area contributed by atoms with Crippen molar-refractivity contribution in [2.24, 2.45) is 11.8 Å². The van der Waals surface area contributed by atoms with Gasteiger partial charge in [0.25, 0.3) is 0 Å². The topological polar surface area (TPSA) is 146 Å². The molecule has 0 aliphatic carbocycles. The minimum absolute atomic E-state index is 0.120. The van der Waals surface area contributed by atoms with Gasteiger partial charge in [0.15, 0.2) is 23.0 Å². The summed E-state index contributed by atoms with van der Waals surface area (Å²) in [7, 11) is 4.69. The highest BCUT2D eigenvalue weighted by Crippen LogP contribution is 2.51. The zero-order chi connectivity index (χ0) is 27.0. The highest BCUT2D eigenvalue weighted by atomic mass is 16.7. The molecule has 0 spiro atoms. The van der Waals surface area contributed by atoms with E-state index in [1.165, 1.54) is 7.11 Å². The Kier molecular flexibility index (Phi) is 7.96. The summed E-state index contributed by atoms with van der Waals surface area (Å²) in [4.78, 5) is 0. The van der Waals surface area contributed by atoms with E-state index in [0.717, 1.165) is 11.1 Å². The number of aliphatic hydroxyl groups excluding tert-OH is 4. The van der Waals surface area contributed by atoms with Crippen molar-refractivity contribution < 1.29 is 53.6 Å². The first-order valence-corrected chi connectivity index (χ1v) is 12.5. The van der Waals surface area contributed by atoms with Crippen LogP contribution in [0.2, 0.25) is 0 Å². The summed E-state index contributed by atoms with van der Waals surface area (Å²) in [6.45, 7) is 0.508. The number of benzene rings is 2. The van der Waals surface area contributed by atoms with Crippen LogP contribution < -0.4 is 18.9 Å². The van der Waals surface area contributed by atoms with E-state index in [9.17, 15) is 20.4 Å². The maximum atomic E-state index is 10.3. The molecule has 5 rings (SSSR count). The van der Waals surface area contributed by atoms with E-state index in [2.05, 4.69) is 0 Å². The van der Waals surface area contributed by atoms with Crippen LogP contribution in [0.25, 0.3) is 0 Å². The monoisotopic (exact) mass is 534 g/mol. The van der Waals surface area contributed by atoms with Crippen LogP contribution in [0.1, 0.15) is 23.3 Å². The van der Waals surface area contributed by atoms with Crippen LogP contribution in [0.15, 0.2) is 36.4 Å². The van der Waals surface area contributed by atoms with E-state index in [-0.39, 0.29) is 29.8 Å². The third-order valence-corrected chi connectivity index (χ3v) is 7.61. The molecule has 3 saturated heterocycles. The van der Waals surface area contributed by atoms with Crippen molar-refractivity contribution in [3.63, 3.8) is 0 Å². The van der Waals surface area contributed by atoms with E-state index in [1.807, 2.05) is 24.3 Å². The lowest BCUT2D eigenvalue weighted by Gasteiger charge is -2.39. The Labute approximate surface area is 220 Å². The van der Waals surface area contributed by atoms with Gasteiger partial charge in [0.2, 0.25) is 6.29 Å². The SMILES string of the molecule is COc1ccc([C@H]2OC[C@H]3[C@H]2CO[C@@H]3c2ccc(O[C@@H]3O[C@@H](CO)[C@@H](O)[C@@H](O)[C@@H]3O)c(OC)c2)cc1OC. The summed E-state index contributed by atoms with van der Waals surface area (Å²) in [5, 5.41) is 39.8. The highest BCUT2D eigenvalue weighted by molar-refractivity contribution is 5.45. The Morgan fingerprint density at radius 2 is 1.24 bits per heavy atom. The fourth-order valence-corrected chi connectivity index (χ4v) is 5.51. The van der Waals surface area contributed by atoms with E-state index in [4.69, 9.17) is 33.2 Å². The molecule has 3 aliphatic rings. The summed E-state index contributed by atoms with van der Waals surface area (Å²) in [5.41, 5.74) is 1.88. The number of hydrogen-bond donors (Lipinski definition) is 4. The normalized spacial score (nSPS) is 34.6. The number of fused-ring (bicyclic) bond motifs is 1. The summed E-state index contributed by atoms with van der Waals surface area (Å²) in [6, 6.07) is 11.1. The van der Waals surface area contributed by atoms with Gasteiger partial charge in [0, 0.05) is 11.8 Å². The standard InChI is InChI=1S/C27H34O11/c1-32-17-6-4-13(8-19(17)33-2)25-15-11-36-26(16(15)12-35-25)14-5-7-18(20(9-14)34-3)37-27-24(31)23(30)22(29)21(10-28)38-27/h4-9,15-16,21-31H,10-12H2,1-3H3/t15-,16+,21+,22-,23-,24+,25-,26-,27-/m1/s1. The number of hydrogen-bond acceptors (Lipinski definition) is 11. The van der Waals surface area contributed by atoms with Gasteiger partial charge in [-0.1, -0.05) is 12.1 Å². The molecule has 2 aromatic rings. The minimum atomic E-state index is -1.54. The van der Waals surface area contributed by atoms with Crippen LogP contribution in [0.5, 0.6) is 23.0 Å². The van der Waals surface area contributed by atoms with Crippen LogP contribution in [0, 0.1) is 11.8 Å². The predicted octanol–water partition coefficient (Wildman–Crippen LogP) is 0.966. The van der Waals surface area contributed by atoms with Gasteiger partial charge in [-0.2, -0.15) is 0 Å². The summed E-state index contributed by atoms with van der Waals surface area (Å²) < 4.78 is 40.1. The molecular weight excluding hydrogens is 500 g/mol. The highest BCUT2D eigenvalue weighted by Gasteiger charge is 2.49. The van der Waals surface area contributed by atoms with Gasteiger partial charge in [-0.05, 0) is 35.4 Å². The van der Waals surface area contributed by atoms with Gasteiger partial charge in [-0.25, -0.2) is 0 Å². The molecule has 38 heavy (non-hydrogen) atoms. The molecule has 0 aromatic heterocycles. The van der Waals surface area contributed by atoms with Crippen LogP contribution in [-0.2, 0) is 14.2 Å². The molecule has 11 heteroatoms. The zero-order valence-corrected chi connectivity index (χ0v) is 21.4. The molecule has 0 saturated carbocycles. The Balaban J connectivity index is 1.31. The van der Waals surface area contributed by atoms with E-state index < -0.39 is 37.3 Å². The molecule has 3 fully saturated rings. The predicted molar refractivity (Wildman–Crippen MR) is 131 cm³/mol. The van der Waals surface area contributed by atoms with Crippen molar-refractivity contribution in [2.45, 2.75) is 42.9 Å². The van der Waals surface area contributed by atoms with Crippen molar-refractivity contribution in [1.82, 2.24) is 0 Å². The molecule has 9 atom stereocenters. The molecule has 208 valence electrons. The van der Waals surface area contributed by atoms with E-state index >= 15 is 0 Å². The average Bonchev–Trinajstić information content (AvgIpc) is 3.55. The van der Waals surface area contributed by atoms with Crippen LogP contribution in [0.3, 0.4) is 0 Å². The van der Waals surface area contributed by atoms with Crippen molar-refractivity contribution in [3.05, 3.63) is 47.5 Å². The van der Waals surface area contributed by atoms with Crippen LogP contribution in [-0.4, -0.2) is 92.3 Å². The lowest BCUT2D eigenvalue weighted by molar-refractivity contribution is -0.277. The Hall–Kier alpha value is -2.64. The van der Waals surface area contributed by atoms with Gasteiger partial charge in [-0.15, -0.1) is 0 Å². The molecule has 0 radical (unpaired) electrons. The number of aliphatic hydroxyl groups is 4. The van der Waals surface area contributed by atoms with E-state index in [1.54, 1.807) is 26.4 Å². The van der Waals surface area contributed by atoms with Crippen molar-refractivity contribution in [1.29, 1.82) is 0 Å². The molecule has 4 N–H and O–H groups in total. The Morgan fingerprint density at radius 3 is 1.76 bits per heavy atom. The number of methoxy groups -OCH3 is 3. The third-order valence-electron chi connectivity index (χ3n) is 7.61. The lowest BCUT2D eigenvalue weighted by Crippen LogP contribution is -2.60. The van der Waals surface area contributed by atoms with E-state index in [0.29, 0.717) is 30.5 Å². The summed E-state index contributed by atoms with van der Waals surface area (Å²) in [6.07, 6.45) is -7.29. The van der Waals surface area contributed by atoms with Gasteiger partial charge in [0.05, 0.1) is 53.4 Å². The fourth-order valence-electron chi connectivity index (χ4n) is 5.51. The quantitative estimate of drug-likeness (QED) is 0.384. The first-order chi connectivity index (χ1) is 18.4. The van der Waals surface area contributed by atoms with Gasteiger partial charge in [0.1, 0.15) is 24.4 Å². The van der Waals surface area contributed by atoms with Gasteiger partial charge < -0.3 is 53.6 Å². The molecule has 0 unspecified atom stereocenters. The summed E-state index contributed by atoms with van der Waals surface area (Å²) in [5.74, 6) is 2.21. The van der Waals surface area contributed by atoms with Crippen molar-refractivity contribution in [3.8, 4) is 23.0 Å². The Bertz CT molecular complexity index is 1110. The van der Waals surface area contributed by atoms with Crippen LogP contribution in [0.4, 0.5) is 0 Å². The summed E-state index contributed by atoms with van der Waals surface area (Å²) >= 11 is 0. The molecule has 2 aromatic carbocycles. The average molecular weight is 535 g/mol. The molecule has 11 nitrogen and oxygen atoms in total. The molecule has 0 bridgehead atoms. The van der Waals surface area contributed by atoms with Crippen LogP contribution >= 0.6 is 0 Å². The Morgan fingerprint density at radius 1 is 0.711 bits per heavy atom. The molecular formula is C27H34O11. The third kappa shape index (κ3) is 4.79. The molecule has 3 heterocycles. The largest absolute Gasteiger partial charge is 0.493 e. The second-order valence-corrected chi connectivity index (χ2v) is 9.68. The zero-order valence-electron chi connectivity index (χ0n) is 21.4. The maximum Gasteiger partial charge on any atom is 0.229 e. The molecule has 0 amide bonds. The first kappa shape index (κ1) is 26.9. The maximum absolute atomic E-state index is 10.3. The molecule has 3 aliphatic heterocycles. The minimum Gasteiger partial charge on any atom is -0.493 e. The van der Waals surface area contributed by atoms with Crippen molar-refractivity contribution >= 4 is 0 Å². The van der Waals surface area contributed by atoms with Crippen molar-refractivity contribution in [2.75, 3.05) is 41.2 Å². The van der Waals surface area contributed by atoms with Gasteiger partial charge >= 0.3 is 0 Å². The first-order valence-electron chi connectivity index (χ1n) is 12.5. The second kappa shape index (κ2) is 11.2. The number of rotatable bonds is 8. The number of ether oxygens (including phenoxy) is 7. The fraction of sp³-hybridized carbons (Fsp3) is 0.556. The smallest absolute Gasteiger partial charge is 0.229 e. The second-order valence-electron chi connectivity index (χ2n) is 9.68. The van der Waals surface area contributed by atoms with Gasteiger partial charge in [-0.3, -0.25) is 0 Å². The lowest BCUT2D eigenvalue weighted by atomic mass is 9.85.